The molecule has 8 heteroatoms. The number of anilines is 1. The molecule has 1 aromatic heterocycles. The van der Waals surface area contributed by atoms with E-state index in [2.05, 4.69) is 11.9 Å². The SMILES string of the molecule is CCCCCOc1ccc(C2C(C(=O)/C=C/c3ccccc3)=C(O)C(=O)N2c2nc(C)c(C(C)=O)s2)cc1. The summed E-state index contributed by atoms with van der Waals surface area (Å²) in [5.74, 6) is -1.36. The van der Waals surface area contributed by atoms with Crippen molar-refractivity contribution >= 4 is 40.0 Å². The number of thiazole rings is 1. The summed E-state index contributed by atoms with van der Waals surface area (Å²) in [7, 11) is 0. The Morgan fingerprint density at radius 3 is 2.45 bits per heavy atom. The Kier molecular flexibility index (Phi) is 8.53. The van der Waals surface area contributed by atoms with Crippen molar-refractivity contribution in [3.63, 3.8) is 0 Å². The van der Waals surface area contributed by atoms with Gasteiger partial charge in [-0.05, 0) is 42.7 Å². The van der Waals surface area contributed by atoms with Crippen LogP contribution < -0.4 is 9.64 Å². The molecule has 7 nitrogen and oxygen atoms in total. The van der Waals surface area contributed by atoms with Gasteiger partial charge in [0.1, 0.15) is 5.75 Å². The molecule has 1 amide bonds. The number of aromatic nitrogens is 1. The van der Waals surface area contributed by atoms with Gasteiger partial charge in [-0.15, -0.1) is 0 Å². The molecule has 0 aliphatic carbocycles. The summed E-state index contributed by atoms with van der Waals surface area (Å²) in [5, 5.41) is 11.2. The average molecular weight is 531 g/mol. The molecule has 0 bridgehead atoms. The second kappa shape index (κ2) is 12.0. The number of aryl methyl sites for hydroxylation is 1. The van der Waals surface area contributed by atoms with E-state index in [9.17, 15) is 19.5 Å². The molecule has 196 valence electrons. The Morgan fingerprint density at radius 1 is 1.11 bits per heavy atom. The predicted octanol–water partition coefficient (Wildman–Crippen LogP) is 6.41. The first kappa shape index (κ1) is 27.0. The maximum Gasteiger partial charge on any atom is 0.296 e. The fraction of sp³-hybridized carbons (Fsp3) is 0.267. The van der Waals surface area contributed by atoms with E-state index >= 15 is 0 Å². The minimum atomic E-state index is -0.921. The lowest BCUT2D eigenvalue weighted by atomic mass is 9.95. The highest BCUT2D eigenvalue weighted by atomic mass is 32.1. The minimum Gasteiger partial charge on any atom is -0.503 e. The van der Waals surface area contributed by atoms with E-state index in [1.165, 1.54) is 17.9 Å². The van der Waals surface area contributed by atoms with Crippen LogP contribution in [0.2, 0.25) is 0 Å². The first-order valence-corrected chi connectivity index (χ1v) is 13.4. The molecule has 2 heterocycles. The zero-order valence-corrected chi connectivity index (χ0v) is 22.5. The van der Waals surface area contributed by atoms with E-state index in [1.54, 1.807) is 37.3 Å². The fourth-order valence-electron chi connectivity index (χ4n) is 4.30. The highest BCUT2D eigenvalue weighted by molar-refractivity contribution is 7.17. The molecule has 1 N–H and O–H groups in total. The molecule has 0 saturated carbocycles. The number of benzene rings is 2. The number of hydrogen-bond donors (Lipinski definition) is 1. The van der Waals surface area contributed by atoms with Crippen molar-refractivity contribution in [2.45, 2.75) is 46.1 Å². The molecule has 0 fully saturated rings. The fourth-order valence-corrected chi connectivity index (χ4v) is 5.28. The summed E-state index contributed by atoms with van der Waals surface area (Å²) in [4.78, 5) is 45.0. The van der Waals surface area contributed by atoms with Crippen molar-refractivity contribution in [3.8, 4) is 5.75 Å². The Balaban J connectivity index is 1.72. The third kappa shape index (κ3) is 5.75. The minimum absolute atomic E-state index is 0.0453. The van der Waals surface area contributed by atoms with Gasteiger partial charge < -0.3 is 9.84 Å². The molecular weight excluding hydrogens is 500 g/mol. The number of ketones is 2. The monoisotopic (exact) mass is 530 g/mol. The molecule has 2 aromatic carbocycles. The number of carbonyl (C=O) groups excluding carboxylic acids is 3. The molecular formula is C30H30N2O5S. The normalized spacial score (nSPS) is 15.5. The highest BCUT2D eigenvalue weighted by Gasteiger charge is 2.45. The van der Waals surface area contributed by atoms with Gasteiger partial charge in [0.05, 0.1) is 28.8 Å². The molecule has 0 radical (unpaired) electrons. The first-order chi connectivity index (χ1) is 18.3. The molecule has 1 atom stereocenters. The van der Waals surface area contributed by atoms with Gasteiger partial charge in [-0.25, -0.2) is 4.98 Å². The van der Waals surface area contributed by atoms with E-state index in [1.807, 2.05) is 30.3 Å². The van der Waals surface area contributed by atoms with Gasteiger partial charge in [-0.2, -0.15) is 0 Å². The summed E-state index contributed by atoms with van der Waals surface area (Å²) < 4.78 is 5.82. The largest absolute Gasteiger partial charge is 0.503 e. The van der Waals surface area contributed by atoms with Crippen LogP contribution in [-0.2, 0) is 9.59 Å². The van der Waals surface area contributed by atoms with Crippen LogP contribution >= 0.6 is 11.3 Å². The van der Waals surface area contributed by atoms with Crippen molar-refractivity contribution < 1.29 is 24.2 Å². The lowest BCUT2D eigenvalue weighted by Crippen LogP contribution is -2.30. The molecule has 38 heavy (non-hydrogen) atoms. The number of carbonyl (C=O) groups is 3. The quantitative estimate of drug-likeness (QED) is 0.175. The number of allylic oxidation sites excluding steroid dienone is 1. The number of aliphatic hydroxyl groups excluding tert-OH is 1. The van der Waals surface area contributed by atoms with Gasteiger partial charge >= 0.3 is 0 Å². The maximum atomic E-state index is 13.4. The molecule has 4 rings (SSSR count). The van der Waals surface area contributed by atoms with Crippen molar-refractivity contribution in [1.82, 2.24) is 4.98 Å². The van der Waals surface area contributed by atoms with E-state index in [4.69, 9.17) is 4.74 Å². The second-order valence-electron chi connectivity index (χ2n) is 9.04. The van der Waals surface area contributed by atoms with Crippen LogP contribution in [0.1, 0.15) is 65.6 Å². The van der Waals surface area contributed by atoms with Gasteiger partial charge in [-0.1, -0.05) is 79.6 Å². The Labute approximate surface area is 226 Å². The summed E-state index contributed by atoms with van der Waals surface area (Å²) in [6, 6.07) is 15.5. The number of aliphatic hydroxyl groups is 1. The van der Waals surface area contributed by atoms with Gasteiger partial charge in [0.25, 0.3) is 5.91 Å². The Hall–Kier alpha value is -4.04. The highest BCUT2D eigenvalue weighted by Crippen LogP contribution is 2.43. The predicted molar refractivity (Wildman–Crippen MR) is 149 cm³/mol. The van der Waals surface area contributed by atoms with Gasteiger partial charge in [0.2, 0.25) is 0 Å². The van der Waals surface area contributed by atoms with Crippen molar-refractivity contribution in [2.75, 3.05) is 11.5 Å². The van der Waals surface area contributed by atoms with Crippen LogP contribution in [0, 0.1) is 6.92 Å². The zero-order valence-electron chi connectivity index (χ0n) is 21.6. The van der Waals surface area contributed by atoms with Crippen LogP contribution in [0.3, 0.4) is 0 Å². The summed E-state index contributed by atoms with van der Waals surface area (Å²) in [6.45, 7) is 5.86. The number of Topliss-reactive ketones (excluding diaryl/α,β-unsaturated/α-hetero) is 1. The van der Waals surface area contributed by atoms with Crippen molar-refractivity contribution in [3.05, 3.63) is 93.7 Å². The topological polar surface area (TPSA) is 96.8 Å². The summed E-state index contributed by atoms with van der Waals surface area (Å²) in [6.07, 6.45) is 6.12. The number of ether oxygens (including phenoxy) is 1. The molecule has 1 aliphatic heterocycles. The third-order valence-corrected chi connectivity index (χ3v) is 7.48. The average Bonchev–Trinajstić information content (AvgIpc) is 3.43. The van der Waals surface area contributed by atoms with E-state index in [-0.39, 0.29) is 16.5 Å². The smallest absolute Gasteiger partial charge is 0.296 e. The van der Waals surface area contributed by atoms with E-state index < -0.39 is 23.5 Å². The summed E-state index contributed by atoms with van der Waals surface area (Å²) in [5.41, 5.74) is 1.86. The number of nitrogens with zero attached hydrogens (tertiary/aromatic N) is 2. The lowest BCUT2D eigenvalue weighted by molar-refractivity contribution is -0.117. The number of rotatable bonds is 11. The Morgan fingerprint density at radius 2 is 1.82 bits per heavy atom. The number of amides is 1. The van der Waals surface area contributed by atoms with E-state index in [0.717, 1.165) is 36.2 Å². The number of hydrogen-bond acceptors (Lipinski definition) is 7. The molecule has 0 saturated heterocycles. The Bertz CT molecular complexity index is 1390. The van der Waals surface area contributed by atoms with Gasteiger partial charge in [-0.3, -0.25) is 19.3 Å². The van der Waals surface area contributed by atoms with Crippen LogP contribution in [-0.4, -0.2) is 34.2 Å². The van der Waals surface area contributed by atoms with Crippen LogP contribution in [0.5, 0.6) is 5.75 Å². The molecule has 3 aromatic rings. The molecule has 0 spiro atoms. The van der Waals surface area contributed by atoms with Crippen LogP contribution in [0.15, 0.2) is 72.0 Å². The van der Waals surface area contributed by atoms with Crippen molar-refractivity contribution in [1.29, 1.82) is 0 Å². The third-order valence-electron chi connectivity index (χ3n) is 6.22. The second-order valence-corrected chi connectivity index (χ2v) is 10.0. The number of unbranched alkanes of at least 4 members (excludes halogenated alkanes) is 2. The van der Waals surface area contributed by atoms with Crippen LogP contribution in [0.4, 0.5) is 5.13 Å². The van der Waals surface area contributed by atoms with Crippen LogP contribution in [0.25, 0.3) is 6.08 Å². The van der Waals surface area contributed by atoms with E-state index in [0.29, 0.717) is 28.5 Å². The first-order valence-electron chi connectivity index (χ1n) is 12.6. The van der Waals surface area contributed by atoms with Crippen molar-refractivity contribution in [2.24, 2.45) is 0 Å². The lowest BCUT2D eigenvalue weighted by Gasteiger charge is -2.24. The standard InChI is InChI=1S/C30H30N2O5S/c1-4-5-9-18-37-23-15-13-22(14-16-23)26-25(24(34)17-12-21-10-7-6-8-11-21)27(35)29(36)32(26)30-31-19(2)28(38-30)20(3)33/h6-8,10-17,26,35H,4-5,9,18H2,1-3H3/b17-12+. The molecule has 1 unspecified atom stereocenters. The zero-order chi connectivity index (χ0) is 27.2. The van der Waals surface area contributed by atoms with Gasteiger partial charge in [0, 0.05) is 6.92 Å². The summed E-state index contributed by atoms with van der Waals surface area (Å²) >= 11 is 1.06. The maximum absolute atomic E-state index is 13.4. The molecule has 1 aliphatic rings. The van der Waals surface area contributed by atoms with Gasteiger partial charge in [0.15, 0.2) is 22.5 Å².